The first-order valence-corrected chi connectivity index (χ1v) is 15.6. The molecule has 0 bridgehead atoms. The molecule has 1 amide bonds. The molecule has 1 aliphatic heterocycles. The summed E-state index contributed by atoms with van der Waals surface area (Å²) in [5, 5.41) is 11.3. The summed E-state index contributed by atoms with van der Waals surface area (Å²) in [7, 11) is -3.66. The highest BCUT2D eigenvalue weighted by Gasteiger charge is 2.30. The van der Waals surface area contributed by atoms with Crippen molar-refractivity contribution < 1.29 is 17.9 Å². The number of rotatable bonds is 7. The number of piperidine rings is 1. The number of aromatic nitrogens is 4. The zero-order chi connectivity index (χ0) is 30.9. The Hall–Kier alpha value is -3.58. The van der Waals surface area contributed by atoms with Gasteiger partial charge in [0, 0.05) is 42.8 Å². The number of carbonyl (C=O) groups excluding carboxylic acids is 1. The van der Waals surface area contributed by atoms with Crippen LogP contribution in [0.2, 0.25) is 5.02 Å². The lowest BCUT2D eigenvalue weighted by Gasteiger charge is -2.33. The van der Waals surface area contributed by atoms with Crippen molar-refractivity contribution in [1.29, 1.82) is 0 Å². The third-order valence-electron chi connectivity index (χ3n) is 6.59. The molecule has 0 radical (unpaired) electrons. The van der Waals surface area contributed by atoms with Crippen LogP contribution < -0.4 is 15.4 Å². The van der Waals surface area contributed by atoms with Crippen LogP contribution in [0.3, 0.4) is 0 Å². The van der Waals surface area contributed by atoms with E-state index in [1.54, 1.807) is 50.1 Å². The SMILES string of the molecule is Cc1cnc(Nc2ccn(C3CCN(C(=O)OC(C)(C)C)CC3)n2)nc1Nc1ccc(Cl)c(NS(=O)(=O)C(C)(C)C)c1. The van der Waals surface area contributed by atoms with Crippen LogP contribution in [-0.4, -0.2) is 62.6 Å². The summed E-state index contributed by atoms with van der Waals surface area (Å²) >= 11 is 6.28. The minimum atomic E-state index is -3.66. The number of aryl methyl sites for hydroxylation is 1. The van der Waals surface area contributed by atoms with Gasteiger partial charge in [-0.15, -0.1) is 0 Å². The number of amides is 1. The highest BCUT2D eigenvalue weighted by atomic mass is 35.5. The number of hydrogen-bond donors (Lipinski definition) is 3. The minimum Gasteiger partial charge on any atom is -0.444 e. The van der Waals surface area contributed by atoms with Crippen molar-refractivity contribution >= 4 is 56.7 Å². The lowest BCUT2D eigenvalue weighted by Crippen LogP contribution is -2.42. The van der Waals surface area contributed by atoms with Crippen molar-refractivity contribution in [3.05, 3.63) is 47.2 Å². The zero-order valence-electron chi connectivity index (χ0n) is 25.0. The third kappa shape index (κ3) is 7.82. The topological polar surface area (TPSA) is 143 Å². The normalized spacial score (nSPS) is 14.9. The third-order valence-corrected chi connectivity index (χ3v) is 9.02. The van der Waals surface area contributed by atoms with Crippen molar-refractivity contribution in [2.45, 2.75) is 77.7 Å². The summed E-state index contributed by atoms with van der Waals surface area (Å²) in [4.78, 5) is 23.1. The Morgan fingerprint density at radius 1 is 1.07 bits per heavy atom. The number of benzene rings is 1. The van der Waals surface area contributed by atoms with E-state index in [1.165, 1.54) is 0 Å². The fourth-order valence-corrected chi connectivity index (χ4v) is 5.09. The fourth-order valence-electron chi connectivity index (χ4n) is 4.11. The number of sulfonamides is 1. The number of likely N-dealkylation sites (tertiary alicyclic amines) is 1. The molecule has 1 saturated heterocycles. The predicted octanol–water partition coefficient (Wildman–Crippen LogP) is 6.23. The quantitative estimate of drug-likeness (QED) is 0.280. The highest BCUT2D eigenvalue weighted by Crippen LogP contribution is 2.31. The van der Waals surface area contributed by atoms with E-state index in [9.17, 15) is 13.2 Å². The summed E-state index contributed by atoms with van der Waals surface area (Å²) in [6, 6.07) is 6.98. The Balaban J connectivity index is 1.41. The Morgan fingerprint density at radius 3 is 2.40 bits per heavy atom. The smallest absolute Gasteiger partial charge is 0.410 e. The van der Waals surface area contributed by atoms with Crippen molar-refractivity contribution in [2.75, 3.05) is 28.4 Å². The van der Waals surface area contributed by atoms with Gasteiger partial charge in [0.2, 0.25) is 16.0 Å². The molecule has 42 heavy (non-hydrogen) atoms. The van der Waals surface area contributed by atoms with Gasteiger partial charge >= 0.3 is 6.09 Å². The van der Waals surface area contributed by atoms with Crippen LogP contribution in [0, 0.1) is 6.92 Å². The fraction of sp³-hybridized carbons (Fsp3) is 0.500. The number of hydrogen-bond acceptors (Lipinski definition) is 9. The van der Waals surface area contributed by atoms with Gasteiger partial charge in [0.25, 0.3) is 0 Å². The van der Waals surface area contributed by atoms with Gasteiger partial charge in [0.1, 0.15) is 11.4 Å². The van der Waals surface area contributed by atoms with Crippen molar-refractivity contribution in [1.82, 2.24) is 24.6 Å². The summed E-state index contributed by atoms with van der Waals surface area (Å²) in [6.45, 7) is 13.5. The second-order valence-electron chi connectivity index (χ2n) is 12.3. The number of ether oxygens (including phenoxy) is 1. The lowest BCUT2D eigenvalue weighted by molar-refractivity contribution is 0.0185. The maximum Gasteiger partial charge on any atom is 0.410 e. The van der Waals surface area contributed by atoms with Crippen molar-refractivity contribution in [2.24, 2.45) is 0 Å². The van der Waals surface area contributed by atoms with E-state index in [0.717, 1.165) is 18.4 Å². The van der Waals surface area contributed by atoms with E-state index in [-0.39, 0.29) is 22.8 Å². The monoisotopic (exact) mass is 618 g/mol. The molecule has 12 nitrogen and oxygen atoms in total. The van der Waals surface area contributed by atoms with Crippen LogP contribution in [0.5, 0.6) is 0 Å². The average Bonchev–Trinajstić information content (AvgIpc) is 3.35. The molecule has 14 heteroatoms. The Kier molecular flexibility index (Phi) is 8.93. The minimum absolute atomic E-state index is 0.158. The number of nitrogens with one attached hydrogen (secondary N) is 3. The molecule has 4 rings (SSSR count). The first-order chi connectivity index (χ1) is 19.5. The summed E-state index contributed by atoms with van der Waals surface area (Å²) in [6.07, 6.45) is 4.83. The molecule has 0 unspecified atom stereocenters. The van der Waals surface area contributed by atoms with E-state index in [1.807, 2.05) is 44.6 Å². The summed E-state index contributed by atoms with van der Waals surface area (Å²) < 4.78 is 34.3. The molecule has 0 atom stereocenters. The number of carbonyl (C=O) groups is 1. The molecular weight excluding hydrogens is 580 g/mol. The van der Waals surface area contributed by atoms with E-state index < -0.39 is 20.4 Å². The van der Waals surface area contributed by atoms with Crippen molar-refractivity contribution in [3.63, 3.8) is 0 Å². The van der Waals surface area contributed by atoms with Crippen molar-refractivity contribution in [3.8, 4) is 0 Å². The van der Waals surface area contributed by atoms with Crippen LogP contribution >= 0.6 is 11.6 Å². The van der Waals surface area contributed by atoms with Gasteiger partial charge in [-0.1, -0.05) is 11.6 Å². The summed E-state index contributed by atoms with van der Waals surface area (Å²) in [5.41, 5.74) is 1.13. The van der Waals surface area contributed by atoms with E-state index in [2.05, 4.69) is 30.4 Å². The number of nitrogens with zero attached hydrogens (tertiary/aromatic N) is 5. The summed E-state index contributed by atoms with van der Waals surface area (Å²) in [5.74, 6) is 1.47. The zero-order valence-corrected chi connectivity index (χ0v) is 26.6. The van der Waals surface area contributed by atoms with Gasteiger partial charge in [0.15, 0.2) is 5.82 Å². The Bertz CT molecular complexity index is 1540. The molecule has 1 aromatic carbocycles. The van der Waals surface area contributed by atoms with E-state index >= 15 is 0 Å². The molecule has 0 aliphatic carbocycles. The molecule has 1 fully saturated rings. The largest absolute Gasteiger partial charge is 0.444 e. The van der Waals surface area contributed by atoms with Gasteiger partial charge in [-0.3, -0.25) is 9.40 Å². The van der Waals surface area contributed by atoms with Crippen LogP contribution in [0.1, 0.15) is 66.0 Å². The van der Waals surface area contributed by atoms with Crippen LogP contribution in [0.25, 0.3) is 0 Å². The molecule has 3 aromatic rings. The molecule has 3 N–H and O–H groups in total. The van der Waals surface area contributed by atoms with Crippen LogP contribution in [0.4, 0.5) is 33.8 Å². The van der Waals surface area contributed by atoms with Crippen LogP contribution in [-0.2, 0) is 14.8 Å². The van der Waals surface area contributed by atoms with Gasteiger partial charge in [-0.05, 0) is 79.5 Å². The molecule has 1 aliphatic rings. The highest BCUT2D eigenvalue weighted by molar-refractivity contribution is 7.94. The maximum absolute atomic E-state index is 12.7. The van der Waals surface area contributed by atoms with Gasteiger partial charge in [-0.2, -0.15) is 10.1 Å². The second kappa shape index (κ2) is 12.0. The Labute approximate surface area is 252 Å². The van der Waals surface area contributed by atoms with Gasteiger partial charge in [-0.25, -0.2) is 18.2 Å². The predicted molar refractivity (Wildman–Crippen MR) is 165 cm³/mol. The molecule has 0 saturated carbocycles. The second-order valence-corrected chi connectivity index (χ2v) is 15.1. The molecule has 0 spiro atoms. The van der Waals surface area contributed by atoms with E-state index in [4.69, 9.17) is 16.3 Å². The van der Waals surface area contributed by atoms with Gasteiger partial charge in [0.05, 0.1) is 21.5 Å². The molecular formula is C28H39ClN8O4S. The van der Waals surface area contributed by atoms with Gasteiger partial charge < -0.3 is 20.3 Å². The standard InChI is InChI=1S/C28H39ClN8O4S/c1-18-17-30-25(33-24(18)31-19-8-9-21(29)22(16-19)35-42(39,40)28(5,6)7)32-23-12-15-37(34-23)20-10-13-36(14-11-20)26(38)41-27(2,3)4/h8-9,12,15-17,20,35H,10-11,13-14H2,1-7H3,(H2,30,31,32,33,34). The number of anilines is 5. The average molecular weight is 619 g/mol. The number of halogens is 1. The maximum atomic E-state index is 12.7. The molecule has 3 heterocycles. The first-order valence-electron chi connectivity index (χ1n) is 13.7. The first kappa shape index (κ1) is 31.4. The van der Waals surface area contributed by atoms with E-state index in [0.29, 0.717) is 36.4 Å². The Morgan fingerprint density at radius 2 is 1.76 bits per heavy atom. The van der Waals surface area contributed by atoms with Crippen LogP contribution in [0.15, 0.2) is 36.7 Å². The lowest BCUT2D eigenvalue weighted by atomic mass is 10.1. The molecule has 228 valence electrons. The molecule has 2 aromatic heterocycles.